The highest BCUT2D eigenvalue weighted by atomic mass is 16.6. The Kier molecular flexibility index (Phi) is 30.2. The van der Waals surface area contributed by atoms with Gasteiger partial charge in [0.15, 0.2) is 17.1 Å². The molecule has 118 heavy (non-hydrogen) atoms. The first-order valence-corrected chi connectivity index (χ1v) is 38.4. The van der Waals surface area contributed by atoms with Gasteiger partial charge in [0.1, 0.15) is 53.6 Å². The molecular weight excluding hydrogens is 1540 g/mol. The number of aromatic nitrogens is 6. The Balaban J connectivity index is 0.000000186. The summed E-state index contributed by atoms with van der Waals surface area (Å²) < 4.78 is 21.9. The molecule has 6 aromatic rings. The van der Waals surface area contributed by atoms with Gasteiger partial charge in [0, 0.05) is 89.1 Å². The summed E-state index contributed by atoms with van der Waals surface area (Å²) in [5.74, 6) is -12.8. The van der Waals surface area contributed by atoms with E-state index in [1.54, 1.807) is 73.6 Å². The molecule has 16 N–H and O–H groups in total. The second-order valence-corrected chi connectivity index (χ2v) is 29.6. The minimum atomic E-state index is -1.42. The van der Waals surface area contributed by atoms with Crippen molar-refractivity contribution in [2.24, 2.45) is 17.8 Å². The van der Waals surface area contributed by atoms with Crippen LogP contribution in [-0.4, -0.2) is 272 Å². The third-order valence-electron chi connectivity index (χ3n) is 21.2. The van der Waals surface area contributed by atoms with Crippen LogP contribution in [0.5, 0.6) is 17.2 Å². The fourth-order valence-corrected chi connectivity index (χ4v) is 13.9. The molecule has 6 unspecified atom stereocenters. The molecule has 6 aromatic heterocycles. The first-order valence-electron chi connectivity index (χ1n) is 38.4. The predicted molar refractivity (Wildman–Crippen MR) is 411 cm³/mol. The third-order valence-corrected chi connectivity index (χ3v) is 21.2. The zero-order valence-corrected chi connectivity index (χ0v) is 65.5. The molecule has 6 aliphatic rings. The first kappa shape index (κ1) is 88.1. The van der Waals surface area contributed by atoms with E-state index in [9.17, 15) is 88.2 Å². The topological polar surface area (TPSA) is 564 Å². The van der Waals surface area contributed by atoms with Gasteiger partial charge in [-0.15, -0.1) is 0 Å². The van der Waals surface area contributed by atoms with Gasteiger partial charge in [-0.05, 0) is 131 Å². The summed E-state index contributed by atoms with van der Waals surface area (Å²) in [4.78, 5) is 184. The Bertz CT molecular complexity index is 4370. The van der Waals surface area contributed by atoms with Crippen LogP contribution in [0.25, 0.3) is 0 Å². The molecule has 0 saturated carbocycles. The second kappa shape index (κ2) is 40.5. The minimum absolute atomic E-state index is 0.107. The molecule has 12 heterocycles. The Morgan fingerprint density at radius 1 is 0.424 bits per heavy atom. The van der Waals surface area contributed by atoms with Crippen LogP contribution in [-0.2, 0) is 81.4 Å². The summed E-state index contributed by atoms with van der Waals surface area (Å²) >= 11 is 0. The van der Waals surface area contributed by atoms with Crippen LogP contribution in [0.1, 0.15) is 109 Å². The largest absolute Gasteiger partial charge is 0.505 e. The number of aliphatic hydroxyl groups is 3. The number of amides is 11. The highest BCUT2D eigenvalue weighted by Gasteiger charge is 2.48. The summed E-state index contributed by atoms with van der Waals surface area (Å²) in [6, 6.07) is 6.60. The minimum Gasteiger partial charge on any atom is -0.505 e. The fraction of sp³-hybridized carbons (Fsp3) is 0.468. The van der Waals surface area contributed by atoms with E-state index >= 15 is 0 Å². The molecule has 6 aliphatic heterocycles. The molecule has 0 bridgehead atoms. The van der Waals surface area contributed by atoms with Crippen molar-refractivity contribution in [2.45, 2.75) is 189 Å². The highest BCUT2D eigenvalue weighted by molar-refractivity contribution is 6.01. The van der Waals surface area contributed by atoms with Gasteiger partial charge in [-0.25, -0.2) is 15.0 Å². The molecule has 630 valence electrons. The van der Waals surface area contributed by atoms with Crippen LogP contribution in [0.4, 0.5) is 0 Å². The number of hydrogen-bond donors (Lipinski definition) is 16. The number of nitrogens with one attached hydrogen (secondary N) is 10. The highest BCUT2D eigenvalue weighted by Crippen LogP contribution is 2.28. The molecule has 39 heteroatoms. The van der Waals surface area contributed by atoms with Crippen molar-refractivity contribution in [3.63, 3.8) is 0 Å². The van der Waals surface area contributed by atoms with E-state index in [0.29, 0.717) is 55.8 Å². The van der Waals surface area contributed by atoms with E-state index in [1.165, 1.54) is 108 Å². The monoisotopic (exact) mass is 1640 g/mol. The number of hydrogen-bond acceptors (Lipinski definition) is 28. The standard InChI is InChI=1S/C27H34N6O7.C26H32N6O7.C26H31N5O8/c1-14-23(35)17(12-16-6-4-9-28-13-16)31-24(36)20(32-25(37)21-18(34)7-5-10-29-21)15(2)30-26(38)22(19-8-11-40-19)33(3)27(14)39;1-13-22(34)16(11-15-5-3-8-27-12-15)30-24(36)19(31-25(37)20-17(33)6-4-9-28-20)14(2)29-26(38)21(32-23(13)35)18-7-10-39-18;1-13-21(33)16(11-15-5-3-8-27-12-15)30-23(34)19(31-24(35)20-17(32)6-4-9-28-20)14(2)29-25(36)22(39-26(13)37)18-7-10-38-18/h4-7,9-10,13-15,17,19-20,22-23,34-35H,8,11-12H2,1-3H3,(H,30,38)(H,31,36)(H,32,37);3-6,8-9,12-14,16,18-19,21-22,33-34H,7,10-11H2,1-2H3,(H,29,38)(H,30,36)(H,31,37)(H,32,35);3-6,8-9,12-14,16,18-19,21-22,32-33H,7,10-11H2,1-2H3,(H,29,36)(H,30,34)(H,31,35)/t14-,15-,17+,19?,20+,22?,23+;13-,14-,16+,18?,19+,21?,22+;13-,14-,16+,18?,19+,21+,22?/m111/s1. The van der Waals surface area contributed by atoms with Crippen molar-refractivity contribution in [1.82, 2.24) is 88.0 Å². The molecule has 21 atom stereocenters. The Morgan fingerprint density at radius 3 is 1.12 bits per heavy atom. The number of nitrogens with zero attached hydrogens (tertiary/aromatic N) is 7. The second-order valence-electron chi connectivity index (χ2n) is 29.6. The molecule has 12 rings (SSSR count). The lowest BCUT2D eigenvalue weighted by atomic mass is 9.90. The average molecular weight is 1640 g/mol. The summed E-state index contributed by atoms with van der Waals surface area (Å²) in [5.41, 5.74) is 1.16. The van der Waals surface area contributed by atoms with Gasteiger partial charge >= 0.3 is 5.97 Å². The van der Waals surface area contributed by atoms with Crippen LogP contribution in [0.2, 0.25) is 0 Å². The summed E-state index contributed by atoms with van der Waals surface area (Å²) in [6.07, 6.45) is 8.08. The summed E-state index contributed by atoms with van der Waals surface area (Å²) in [5, 5.41) is 90.6. The van der Waals surface area contributed by atoms with E-state index in [0.717, 1.165) is 0 Å². The maximum absolute atomic E-state index is 13.7. The quantitative estimate of drug-likeness (QED) is 0.0461. The number of cyclic esters (lactones) is 1. The van der Waals surface area contributed by atoms with Gasteiger partial charge in [0.25, 0.3) is 23.6 Å². The normalized spacial score (nSPS) is 29.9. The van der Waals surface area contributed by atoms with Gasteiger partial charge in [0.2, 0.25) is 47.5 Å². The number of aromatic hydroxyl groups is 3. The maximum Gasteiger partial charge on any atom is 0.312 e. The van der Waals surface area contributed by atoms with Gasteiger partial charge in [-0.1, -0.05) is 32.0 Å². The van der Waals surface area contributed by atoms with Gasteiger partial charge in [0.05, 0.1) is 84.5 Å². The van der Waals surface area contributed by atoms with Crippen LogP contribution in [0.15, 0.2) is 129 Å². The lowest BCUT2D eigenvalue weighted by molar-refractivity contribution is -0.184. The van der Waals surface area contributed by atoms with Crippen molar-refractivity contribution in [2.75, 3.05) is 26.9 Å². The molecule has 0 spiro atoms. The lowest BCUT2D eigenvalue weighted by Gasteiger charge is -2.41. The van der Waals surface area contributed by atoms with Crippen molar-refractivity contribution >= 4 is 70.9 Å². The van der Waals surface area contributed by atoms with Crippen molar-refractivity contribution < 1.29 is 107 Å². The number of rotatable bonds is 15. The molecule has 0 aromatic carbocycles. The zero-order chi connectivity index (χ0) is 85.2. The van der Waals surface area contributed by atoms with Crippen LogP contribution in [0, 0.1) is 17.8 Å². The first-order chi connectivity index (χ1) is 56.4. The molecule has 39 nitrogen and oxygen atoms in total. The van der Waals surface area contributed by atoms with E-state index in [4.69, 9.17) is 18.9 Å². The number of carbonyl (C=O) groups is 12. The number of esters is 1. The average Bonchev–Trinajstić information content (AvgIpc) is 0.488. The Morgan fingerprint density at radius 2 is 0.771 bits per heavy atom. The van der Waals surface area contributed by atoms with Crippen LogP contribution >= 0.6 is 0 Å². The number of pyridine rings is 6. The fourth-order valence-electron chi connectivity index (χ4n) is 13.9. The SMILES string of the molecule is C[C@H]1NC(=O)C(C2CCO2)N(C)C(=O)[C@H](C)[C@H](O)[C@H](Cc2cccnc2)NC(=O)[C@H]1NC(=O)c1ncccc1O.C[C@H]1NC(=O)C(C2CCO2)NC(=O)[C@H](C)[C@H](O)[C@H](Cc2cccnc2)NC(=O)[C@H]1NC(=O)c1ncccc1O.C[C@H]1NC(=O)C(C2CCO2)OC(=O)[C@H](C)[C@H](O)[C@H](Cc2cccnc2)NC(=O)[C@H]1NC(=O)c1ncccc1O. The van der Waals surface area contributed by atoms with Crippen molar-refractivity contribution in [3.05, 3.63) is 162 Å². The maximum atomic E-state index is 13.7. The van der Waals surface area contributed by atoms with E-state index in [-0.39, 0.29) is 47.8 Å². The van der Waals surface area contributed by atoms with Gasteiger partial charge in [-0.3, -0.25) is 72.5 Å². The summed E-state index contributed by atoms with van der Waals surface area (Å²) in [6.45, 7) is 10.2. The zero-order valence-electron chi connectivity index (χ0n) is 65.5. The smallest absolute Gasteiger partial charge is 0.312 e. The number of likely N-dealkylation sites (N-methyl/N-ethyl adjacent to an activating group) is 1. The number of ether oxygens (including phenoxy) is 4. The molecule has 6 fully saturated rings. The predicted octanol–water partition coefficient (Wildman–Crippen LogP) is -2.84. The number of carbonyl (C=O) groups excluding carboxylic acids is 12. The van der Waals surface area contributed by atoms with Gasteiger partial charge in [-0.2, -0.15) is 0 Å². The van der Waals surface area contributed by atoms with Crippen LogP contribution in [0.3, 0.4) is 0 Å². The molecule has 0 radical (unpaired) electrons. The van der Waals surface area contributed by atoms with Crippen molar-refractivity contribution in [3.8, 4) is 17.2 Å². The van der Waals surface area contributed by atoms with Crippen molar-refractivity contribution in [1.29, 1.82) is 0 Å². The Labute approximate surface area is 676 Å². The van der Waals surface area contributed by atoms with Gasteiger partial charge < -0.3 is 108 Å². The lowest BCUT2D eigenvalue weighted by Crippen LogP contribution is -2.66. The number of aliphatic hydroxyl groups excluding tert-OH is 3. The van der Waals surface area contributed by atoms with E-state index < -0.39 is 204 Å². The molecular formula is C79H97N17O22. The van der Waals surface area contributed by atoms with E-state index in [1.807, 2.05) is 0 Å². The van der Waals surface area contributed by atoms with E-state index in [2.05, 4.69) is 83.1 Å². The summed E-state index contributed by atoms with van der Waals surface area (Å²) in [7, 11) is 1.48. The molecule has 0 aliphatic carbocycles. The van der Waals surface area contributed by atoms with Crippen LogP contribution < -0.4 is 53.2 Å². The Hall–Kier alpha value is -12.3. The molecule has 6 saturated heterocycles. The molecule has 11 amide bonds. The third kappa shape index (κ3) is 22.1.